The van der Waals surface area contributed by atoms with E-state index in [9.17, 15) is 4.79 Å². The number of amides is 1. The van der Waals surface area contributed by atoms with Crippen molar-refractivity contribution >= 4 is 5.91 Å². The van der Waals surface area contributed by atoms with E-state index in [2.05, 4.69) is 15.3 Å². The van der Waals surface area contributed by atoms with Crippen LogP contribution in [0.25, 0.3) is 10.4 Å². The van der Waals surface area contributed by atoms with Gasteiger partial charge in [-0.1, -0.05) is 5.11 Å². The second-order valence-electron chi connectivity index (χ2n) is 4.98. The third-order valence-corrected chi connectivity index (χ3v) is 3.63. The lowest BCUT2D eigenvalue weighted by Crippen LogP contribution is -2.37. The van der Waals surface area contributed by atoms with Gasteiger partial charge < -0.3 is 10.2 Å². The Morgan fingerprint density at radius 2 is 2.18 bits per heavy atom. The lowest BCUT2D eigenvalue weighted by atomic mass is 9.98. The highest BCUT2D eigenvalue weighted by atomic mass is 16.2. The SMILES string of the molecule is [N-]=[N+]=NCC1CC(=O)N(CC2CCNCC2)C1. The number of carbonyl (C=O) groups is 1. The third kappa shape index (κ3) is 3.35. The molecule has 6 heteroatoms. The predicted molar refractivity (Wildman–Crippen MR) is 64.3 cm³/mol. The van der Waals surface area contributed by atoms with Crippen molar-refractivity contribution in [1.82, 2.24) is 10.2 Å². The molecule has 2 saturated heterocycles. The van der Waals surface area contributed by atoms with Gasteiger partial charge in [-0.2, -0.15) is 0 Å². The first-order valence-corrected chi connectivity index (χ1v) is 6.29. The van der Waals surface area contributed by atoms with Crippen molar-refractivity contribution in [3.8, 4) is 0 Å². The second-order valence-corrected chi connectivity index (χ2v) is 4.98. The van der Waals surface area contributed by atoms with Crippen molar-refractivity contribution in [1.29, 1.82) is 0 Å². The van der Waals surface area contributed by atoms with Crippen LogP contribution in [0.4, 0.5) is 0 Å². The molecule has 2 fully saturated rings. The molecule has 2 rings (SSSR count). The molecule has 94 valence electrons. The lowest BCUT2D eigenvalue weighted by molar-refractivity contribution is -0.128. The van der Waals surface area contributed by atoms with Crippen LogP contribution in [0.1, 0.15) is 19.3 Å². The Morgan fingerprint density at radius 3 is 2.88 bits per heavy atom. The van der Waals surface area contributed by atoms with Crippen molar-refractivity contribution in [2.75, 3.05) is 32.7 Å². The quantitative estimate of drug-likeness (QED) is 0.452. The van der Waals surface area contributed by atoms with Crippen molar-refractivity contribution in [2.24, 2.45) is 17.0 Å². The minimum Gasteiger partial charge on any atom is -0.342 e. The van der Waals surface area contributed by atoms with E-state index in [1.165, 1.54) is 0 Å². The number of rotatable bonds is 4. The summed E-state index contributed by atoms with van der Waals surface area (Å²) in [5.41, 5.74) is 8.27. The molecule has 1 unspecified atom stereocenters. The Balaban J connectivity index is 1.80. The lowest BCUT2D eigenvalue weighted by Gasteiger charge is -2.27. The summed E-state index contributed by atoms with van der Waals surface area (Å²) in [6.07, 6.45) is 2.86. The van der Waals surface area contributed by atoms with E-state index in [0.29, 0.717) is 18.9 Å². The molecular weight excluding hydrogens is 218 g/mol. The topological polar surface area (TPSA) is 81.1 Å². The van der Waals surface area contributed by atoms with Crippen molar-refractivity contribution < 1.29 is 4.79 Å². The highest BCUT2D eigenvalue weighted by Crippen LogP contribution is 2.22. The maximum Gasteiger partial charge on any atom is 0.222 e. The number of likely N-dealkylation sites (tertiary alicyclic amines) is 1. The summed E-state index contributed by atoms with van der Waals surface area (Å²) >= 11 is 0. The molecule has 1 N–H and O–H groups in total. The number of hydrogen-bond donors (Lipinski definition) is 1. The number of nitrogens with zero attached hydrogens (tertiary/aromatic N) is 4. The van der Waals surface area contributed by atoms with E-state index < -0.39 is 0 Å². The van der Waals surface area contributed by atoms with Gasteiger partial charge in [-0.15, -0.1) is 0 Å². The molecule has 0 spiro atoms. The molecule has 0 saturated carbocycles. The molecule has 0 aromatic rings. The summed E-state index contributed by atoms with van der Waals surface area (Å²) in [5.74, 6) is 1.08. The van der Waals surface area contributed by atoms with E-state index >= 15 is 0 Å². The Morgan fingerprint density at radius 1 is 1.41 bits per heavy atom. The van der Waals surface area contributed by atoms with E-state index in [-0.39, 0.29) is 11.8 Å². The van der Waals surface area contributed by atoms with Gasteiger partial charge in [0.1, 0.15) is 0 Å². The monoisotopic (exact) mass is 237 g/mol. The van der Waals surface area contributed by atoms with E-state index in [4.69, 9.17) is 5.53 Å². The van der Waals surface area contributed by atoms with Gasteiger partial charge in [0, 0.05) is 31.0 Å². The molecule has 0 aromatic heterocycles. The summed E-state index contributed by atoms with van der Waals surface area (Å²) in [4.78, 5) is 16.5. The fraction of sp³-hybridized carbons (Fsp3) is 0.909. The fourth-order valence-electron chi connectivity index (χ4n) is 2.68. The van der Waals surface area contributed by atoms with Gasteiger partial charge in [0.05, 0.1) is 0 Å². The second kappa shape index (κ2) is 5.89. The predicted octanol–water partition coefficient (Wildman–Crippen LogP) is 1.14. The number of nitrogens with one attached hydrogen (secondary N) is 1. The first kappa shape index (κ1) is 12.2. The van der Waals surface area contributed by atoms with Gasteiger partial charge >= 0.3 is 0 Å². The number of carbonyl (C=O) groups excluding carboxylic acids is 1. The minimum atomic E-state index is 0.222. The Bertz CT molecular complexity index is 320. The van der Waals surface area contributed by atoms with Crippen LogP contribution in [0.2, 0.25) is 0 Å². The van der Waals surface area contributed by atoms with Crippen LogP contribution in [0.3, 0.4) is 0 Å². The molecule has 6 nitrogen and oxygen atoms in total. The van der Waals surface area contributed by atoms with Crippen LogP contribution in [0.5, 0.6) is 0 Å². The highest BCUT2D eigenvalue weighted by molar-refractivity contribution is 5.78. The zero-order chi connectivity index (χ0) is 12.1. The Labute approximate surface area is 101 Å². The average molecular weight is 237 g/mol. The van der Waals surface area contributed by atoms with E-state index in [1.807, 2.05) is 4.90 Å². The van der Waals surface area contributed by atoms with Crippen LogP contribution in [0.15, 0.2) is 5.11 Å². The van der Waals surface area contributed by atoms with Crippen LogP contribution >= 0.6 is 0 Å². The summed E-state index contributed by atoms with van der Waals surface area (Å²) in [5, 5.41) is 6.89. The molecule has 0 aliphatic carbocycles. The number of piperidine rings is 1. The molecular formula is C11H19N5O. The molecule has 0 radical (unpaired) electrons. The molecule has 2 aliphatic heterocycles. The zero-order valence-corrected chi connectivity index (χ0v) is 10.0. The van der Waals surface area contributed by atoms with Gasteiger partial charge in [-0.05, 0) is 43.3 Å². The summed E-state index contributed by atoms with van der Waals surface area (Å²) in [6.45, 7) is 4.23. The van der Waals surface area contributed by atoms with Crippen molar-refractivity contribution in [3.63, 3.8) is 0 Å². The fourth-order valence-corrected chi connectivity index (χ4v) is 2.68. The van der Waals surface area contributed by atoms with Gasteiger partial charge in [0.2, 0.25) is 5.91 Å². The first-order chi connectivity index (χ1) is 8.29. The van der Waals surface area contributed by atoms with Gasteiger partial charge in [-0.25, -0.2) is 0 Å². The molecule has 1 amide bonds. The molecule has 0 aromatic carbocycles. The van der Waals surface area contributed by atoms with Gasteiger partial charge in [0.25, 0.3) is 0 Å². The minimum absolute atomic E-state index is 0.222. The largest absolute Gasteiger partial charge is 0.342 e. The van der Waals surface area contributed by atoms with Crippen LogP contribution in [-0.4, -0.2) is 43.5 Å². The Hall–Kier alpha value is -1.26. The standard InChI is InChI=1S/C11H19N5O/c12-15-14-6-10-5-11(17)16(8-10)7-9-1-3-13-4-2-9/h9-10,13H,1-8H2. The highest BCUT2D eigenvalue weighted by Gasteiger charge is 2.30. The third-order valence-electron chi connectivity index (χ3n) is 3.63. The van der Waals surface area contributed by atoms with Crippen molar-refractivity contribution in [3.05, 3.63) is 10.4 Å². The molecule has 2 aliphatic rings. The van der Waals surface area contributed by atoms with E-state index in [1.54, 1.807) is 0 Å². The normalized spacial score (nSPS) is 26.0. The molecule has 0 bridgehead atoms. The summed E-state index contributed by atoms with van der Waals surface area (Å²) in [7, 11) is 0. The zero-order valence-electron chi connectivity index (χ0n) is 10.0. The molecule has 2 heterocycles. The van der Waals surface area contributed by atoms with Gasteiger partial charge in [-0.3, -0.25) is 4.79 Å². The summed E-state index contributed by atoms with van der Waals surface area (Å²) in [6, 6.07) is 0. The maximum absolute atomic E-state index is 11.8. The van der Waals surface area contributed by atoms with Crippen LogP contribution < -0.4 is 5.32 Å². The number of azide groups is 1. The molecule has 1 atom stereocenters. The maximum atomic E-state index is 11.8. The van der Waals surface area contributed by atoms with Crippen LogP contribution in [0, 0.1) is 11.8 Å². The number of hydrogen-bond acceptors (Lipinski definition) is 3. The van der Waals surface area contributed by atoms with Crippen LogP contribution in [-0.2, 0) is 4.79 Å². The molecule has 17 heavy (non-hydrogen) atoms. The Kier molecular flexibility index (Phi) is 4.23. The van der Waals surface area contributed by atoms with E-state index in [0.717, 1.165) is 39.0 Å². The first-order valence-electron chi connectivity index (χ1n) is 6.29. The van der Waals surface area contributed by atoms with Gasteiger partial charge in [0.15, 0.2) is 0 Å². The average Bonchev–Trinajstić information content (AvgIpc) is 2.69. The van der Waals surface area contributed by atoms with Crippen molar-refractivity contribution in [2.45, 2.75) is 19.3 Å². The smallest absolute Gasteiger partial charge is 0.222 e. The summed E-state index contributed by atoms with van der Waals surface area (Å²) < 4.78 is 0.